The summed E-state index contributed by atoms with van der Waals surface area (Å²) in [7, 11) is 0. The first-order valence-corrected chi connectivity index (χ1v) is 8.87. The lowest BCUT2D eigenvalue weighted by Gasteiger charge is -2.35. The number of rotatable bonds is 2. The van der Waals surface area contributed by atoms with Gasteiger partial charge in [0, 0.05) is 24.1 Å². The van der Waals surface area contributed by atoms with E-state index in [4.69, 9.17) is 10.7 Å². The van der Waals surface area contributed by atoms with Crippen molar-refractivity contribution in [1.82, 2.24) is 15.3 Å². The van der Waals surface area contributed by atoms with E-state index < -0.39 is 0 Å². The maximum Gasteiger partial charge on any atom is 0.222 e. The third kappa shape index (κ3) is 1.75. The smallest absolute Gasteiger partial charge is 0.222 e. The zero-order chi connectivity index (χ0) is 14.8. The van der Waals surface area contributed by atoms with E-state index in [0.717, 1.165) is 31.2 Å². The number of nitrogen functional groups attached to an aromatic ring is 1. The SMILES string of the molecule is Nc1nc(N[C@]23CNCC2C3)c2c(n1)C1(CCCC1)CCC2. The van der Waals surface area contributed by atoms with Gasteiger partial charge in [0.15, 0.2) is 0 Å². The van der Waals surface area contributed by atoms with Crippen LogP contribution in [0.1, 0.15) is 56.2 Å². The summed E-state index contributed by atoms with van der Waals surface area (Å²) in [5.74, 6) is 2.26. The third-order valence-corrected chi connectivity index (χ3v) is 6.60. The van der Waals surface area contributed by atoms with Crippen LogP contribution in [-0.2, 0) is 11.8 Å². The molecule has 0 bridgehead atoms. The number of hydrogen-bond acceptors (Lipinski definition) is 5. The second kappa shape index (κ2) is 4.34. The normalized spacial score (nSPS) is 34.5. The summed E-state index contributed by atoms with van der Waals surface area (Å²) in [6, 6.07) is 0. The van der Waals surface area contributed by atoms with Gasteiger partial charge in [0.05, 0.1) is 11.2 Å². The minimum Gasteiger partial charge on any atom is -0.368 e. The Bertz CT molecular complexity index is 622. The second-order valence-corrected chi connectivity index (χ2v) is 7.91. The molecule has 5 heteroatoms. The fraction of sp³-hybridized carbons (Fsp3) is 0.765. The first-order chi connectivity index (χ1) is 10.7. The fourth-order valence-corrected chi connectivity index (χ4v) is 5.31. The number of piperidine rings is 1. The lowest BCUT2D eigenvalue weighted by molar-refractivity contribution is 0.357. The number of nitrogens with two attached hydrogens (primary N) is 1. The molecule has 5 nitrogen and oxygen atoms in total. The Morgan fingerprint density at radius 1 is 1.14 bits per heavy atom. The van der Waals surface area contributed by atoms with Gasteiger partial charge in [0.2, 0.25) is 5.95 Å². The Hall–Kier alpha value is -1.36. The highest BCUT2D eigenvalue weighted by atomic mass is 15.2. The standard InChI is InChI=1S/C17H25N5/c18-15-20-13-12(4-3-7-16(13)5-1-2-6-16)14(21-15)22-17-8-11(17)9-19-10-17/h11,19H,1-10H2,(H3,18,20,21,22)/t11?,17-/m1/s1. The molecule has 1 aliphatic heterocycles. The molecule has 0 amide bonds. The molecular formula is C17H25N5. The van der Waals surface area contributed by atoms with Gasteiger partial charge in [-0.25, -0.2) is 4.98 Å². The molecule has 1 aromatic rings. The average Bonchev–Trinajstić information content (AvgIpc) is 2.87. The van der Waals surface area contributed by atoms with E-state index in [1.165, 1.54) is 56.2 Å². The summed E-state index contributed by atoms with van der Waals surface area (Å²) in [5, 5.41) is 7.26. The highest BCUT2D eigenvalue weighted by molar-refractivity contribution is 5.56. The Kier molecular flexibility index (Phi) is 2.59. The van der Waals surface area contributed by atoms with Crippen LogP contribution in [0, 0.1) is 5.92 Å². The zero-order valence-corrected chi connectivity index (χ0v) is 13.1. The molecular weight excluding hydrogens is 274 g/mol. The Balaban J connectivity index is 1.57. The molecule has 2 saturated carbocycles. The molecule has 3 fully saturated rings. The summed E-state index contributed by atoms with van der Waals surface area (Å²) in [5.41, 5.74) is 9.29. The maximum absolute atomic E-state index is 6.09. The van der Waals surface area contributed by atoms with Crippen LogP contribution in [0.2, 0.25) is 0 Å². The van der Waals surface area contributed by atoms with Crippen molar-refractivity contribution < 1.29 is 0 Å². The number of anilines is 2. The predicted octanol–water partition coefficient (Wildman–Crippen LogP) is 1.98. The van der Waals surface area contributed by atoms with Crippen molar-refractivity contribution in [2.75, 3.05) is 24.1 Å². The van der Waals surface area contributed by atoms with E-state index in [-0.39, 0.29) is 5.54 Å². The van der Waals surface area contributed by atoms with Crippen molar-refractivity contribution >= 4 is 11.8 Å². The van der Waals surface area contributed by atoms with Gasteiger partial charge < -0.3 is 16.4 Å². The lowest BCUT2D eigenvalue weighted by atomic mass is 9.71. The quantitative estimate of drug-likeness (QED) is 0.778. The van der Waals surface area contributed by atoms with Gasteiger partial charge in [-0.15, -0.1) is 0 Å². The van der Waals surface area contributed by atoms with Crippen LogP contribution in [-0.4, -0.2) is 28.6 Å². The summed E-state index contributed by atoms with van der Waals surface area (Å²) in [6.07, 6.45) is 10.2. The number of nitrogens with one attached hydrogen (secondary N) is 2. The van der Waals surface area contributed by atoms with Crippen LogP contribution in [0.4, 0.5) is 11.8 Å². The van der Waals surface area contributed by atoms with E-state index >= 15 is 0 Å². The van der Waals surface area contributed by atoms with Gasteiger partial charge in [-0.05, 0) is 44.4 Å². The minimum absolute atomic E-state index is 0.245. The number of nitrogens with zero attached hydrogens (tertiary/aromatic N) is 2. The second-order valence-electron chi connectivity index (χ2n) is 7.91. The van der Waals surface area contributed by atoms with Gasteiger partial charge in [-0.2, -0.15) is 4.98 Å². The number of fused-ring (bicyclic) bond motifs is 3. The average molecular weight is 299 g/mol. The van der Waals surface area contributed by atoms with Gasteiger partial charge in [-0.3, -0.25) is 0 Å². The van der Waals surface area contributed by atoms with Crippen molar-refractivity contribution in [2.45, 2.75) is 62.3 Å². The van der Waals surface area contributed by atoms with Crippen LogP contribution in [0.3, 0.4) is 0 Å². The largest absolute Gasteiger partial charge is 0.368 e. The molecule has 5 rings (SSSR count). The molecule has 1 spiro atoms. The molecule has 2 atom stereocenters. The predicted molar refractivity (Wildman–Crippen MR) is 86.9 cm³/mol. The van der Waals surface area contributed by atoms with Crippen molar-refractivity contribution in [3.63, 3.8) is 0 Å². The van der Waals surface area contributed by atoms with Crippen LogP contribution in [0.25, 0.3) is 0 Å². The Morgan fingerprint density at radius 3 is 2.68 bits per heavy atom. The minimum atomic E-state index is 0.245. The van der Waals surface area contributed by atoms with Crippen LogP contribution in [0.15, 0.2) is 0 Å². The molecule has 4 aliphatic rings. The molecule has 0 aromatic carbocycles. The maximum atomic E-state index is 6.09. The van der Waals surface area contributed by atoms with Crippen LogP contribution >= 0.6 is 0 Å². The summed E-state index contributed by atoms with van der Waals surface area (Å²) in [6.45, 7) is 2.20. The van der Waals surface area contributed by atoms with Gasteiger partial charge >= 0.3 is 0 Å². The monoisotopic (exact) mass is 299 g/mol. The number of aromatic nitrogens is 2. The van der Waals surface area contributed by atoms with E-state index in [2.05, 4.69) is 15.6 Å². The van der Waals surface area contributed by atoms with Crippen LogP contribution < -0.4 is 16.4 Å². The summed E-state index contributed by atoms with van der Waals surface area (Å²) < 4.78 is 0. The third-order valence-electron chi connectivity index (χ3n) is 6.60. The molecule has 1 unspecified atom stereocenters. The summed E-state index contributed by atoms with van der Waals surface area (Å²) in [4.78, 5) is 9.34. The van der Waals surface area contributed by atoms with Gasteiger partial charge in [0.25, 0.3) is 0 Å². The Morgan fingerprint density at radius 2 is 1.95 bits per heavy atom. The summed E-state index contributed by atoms with van der Waals surface area (Å²) >= 11 is 0. The van der Waals surface area contributed by atoms with Gasteiger partial charge in [-0.1, -0.05) is 12.8 Å². The molecule has 3 aliphatic carbocycles. The topological polar surface area (TPSA) is 75.9 Å². The fourth-order valence-electron chi connectivity index (χ4n) is 5.31. The molecule has 2 heterocycles. The van der Waals surface area contributed by atoms with Crippen LogP contribution in [0.5, 0.6) is 0 Å². The molecule has 1 aromatic heterocycles. The van der Waals surface area contributed by atoms with Crippen molar-refractivity contribution in [3.8, 4) is 0 Å². The lowest BCUT2D eigenvalue weighted by Crippen LogP contribution is -2.34. The van der Waals surface area contributed by atoms with Gasteiger partial charge in [0.1, 0.15) is 5.82 Å². The van der Waals surface area contributed by atoms with E-state index in [0.29, 0.717) is 11.4 Å². The molecule has 118 valence electrons. The molecule has 1 saturated heterocycles. The first kappa shape index (κ1) is 13.1. The molecule has 0 radical (unpaired) electrons. The first-order valence-electron chi connectivity index (χ1n) is 8.87. The Labute approximate surface area is 131 Å². The van der Waals surface area contributed by atoms with E-state index in [1.54, 1.807) is 0 Å². The molecule has 22 heavy (non-hydrogen) atoms. The van der Waals surface area contributed by atoms with E-state index in [1.807, 2.05) is 0 Å². The van der Waals surface area contributed by atoms with Crippen molar-refractivity contribution in [3.05, 3.63) is 11.3 Å². The highest BCUT2D eigenvalue weighted by Crippen LogP contribution is 2.52. The van der Waals surface area contributed by atoms with Crippen molar-refractivity contribution in [2.24, 2.45) is 5.92 Å². The van der Waals surface area contributed by atoms with E-state index in [9.17, 15) is 0 Å². The highest BCUT2D eigenvalue weighted by Gasteiger charge is 2.58. The number of hydrogen-bond donors (Lipinski definition) is 3. The van der Waals surface area contributed by atoms with Crippen molar-refractivity contribution in [1.29, 1.82) is 0 Å². The zero-order valence-electron chi connectivity index (χ0n) is 13.1. The molecule has 4 N–H and O–H groups in total.